The van der Waals surface area contributed by atoms with Gasteiger partial charge < -0.3 is 14.4 Å². The van der Waals surface area contributed by atoms with Crippen molar-refractivity contribution in [2.24, 2.45) is 0 Å². The van der Waals surface area contributed by atoms with E-state index in [1.165, 1.54) is 5.56 Å². The van der Waals surface area contributed by atoms with Gasteiger partial charge in [0.05, 0.1) is 31.3 Å². The van der Waals surface area contributed by atoms with Crippen LogP contribution in [0.25, 0.3) is 11.3 Å². The summed E-state index contributed by atoms with van der Waals surface area (Å²) >= 11 is 1.59. The van der Waals surface area contributed by atoms with Crippen LogP contribution in [0.2, 0.25) is 0 Å². The molecule has 30 heavy (non-hydrogen) atoms. The van der Waals surface area contributed by atoms with Crippen LogP contribution in [0.1, 0.15) is 21.0 Å². The van der Waals surface area contributed by atoms with Crippen molar-refractivity contribution in [3.63, 3.8) is 0 Å². The van der Waals surface area contributed by atoms with Gasteiger partial charge >= 0.3 is 0 Å². The van der Waals surface area contributed by atoms with Crippen LogP contribution in [0.3, 0.4) is 0 Å². The van der Waals surface area contributed by atoms with Crippen LogP contribution in [-0.4, -0.2) is 43.6 Å². The molecular formula is C24H28N2O3S. The van der Waals surface area contributed by atoms with E-state index in [9.17, 15) is 4.79 Å². The Labute approximate surface area is 182 Å². The zero-order chi connectivity index (χ0) is 21.7. The molecule has 2 aromatic carbocycles. The third kappa shape index (κ3) is 5.19. The number of hydrogen-bond acceptors (Lipinski definition) is 5. The predicted octanol–water partition coefficient (Wildman–Crippen LogP) is 4.69. The number of carbonyl (C=O) groups is 1. The lowest BCUT2D eigenvalue weighted by molar-refractivity contribution is -0.129. The number of aromatic nitrogens is 1. The van der Waals surface area contributed by atoms with Gasteiger partial charge in [0.2, 0.25) is 5.91 Å². The van der Waals surface area contributed by atoms with Crippen LogP contribution < -0.4 is 9.47 Å². The second-order valence-electron chi connectivity index (χ2n) is 7.30. The fourth-order valence-corrected chi connectivity index (χ4v) is 4.21. The third-order valence-electron chi connectivity index (χ3n) is 5.05. The van der Waals surface area contributed by atoms with E-state index < -0.39 is 0 Å². The Morgan fingerprint density at radius 3 is 2.40 bits per heavy atom. The predicted molar refractivity (Wildman–Crippen MR) is 122 cm³/mol. The third-order valence-corrected chi connectivity index (χ3v) is 6.02. The first-order valence-corrected chi connectivity index (χ1v) is 10.7. The maximum Gasteiger partial charge on any atom is 0.227 e. The van der Waals surface area contributed by atoms with Crippen molar-refractivity contribution in [2.75, 3.05) is 27.8 Å². The molecule has 1 amide bonds. The Morgan fingerprint density at radius 2 is 1.73 bits per heavy atom. The summed E-state index contributed by atoms with van der Waals surface area (Å²) in [6.45, 7) is 4.68. The number of hydrogen-bond donors (Lipinski definition) is 0. The van der Waals surface area contributed by atoms with Gasteiger partial charge in [-0.25, -0.2) is 4.98 Å². The van der Waals surface area contributed by atoms with Crippen LogP contribution in [0.15, 0.2) is 42.5 Å². The quantitative estimate of drug-likeness (QED) is 0.527. The smallest absolute Gasteiger partial charge is 0.227 e. The number of nitrogens with zero attached hydrogens (tertiary/aromatic N) is 2. The molecule has 0 aliphatic carbocycles. The molecule has 1 heterocycles. The fourth-order valence-electron chi connectivity index (χ4n) is 3.26. The van der Waals surface area contributed by atoms with E-state index >= 15 is 0 Å². The van der Waals surface area contributed by atoms with Gasteiger partial charge in [-0.15, -0.1) is 11.3 Å². The summed E-state index contributed by atoms with van der Waals surface area (Å²) in [6.07, 6.45) is 1.10. The van der Waals surface area contributed by atoms with Crippen LogP contribution >= 0.6 is 11.3 Å². The van der Waals surface area contributed by atoms with Gasteiger partial charge in [-0.05, 0) is 38.0 Å². The van der Waals surface area contributed by atoms with E-state index in [2.05, 4.69) is 36.2 Å². The molecule has 158 valence electrons. The Bertz CT molecular complexity index is 1010. The van der Waals surface area contributed by atoms with Crippen molar-refractivity contribution in [1.82, 2.24) is 9.88 Å². The lowest BCUT2D eigenvalue weighted by Gasteiger charge is -2.18. The molecule has 0 unspecified atom stereocenters. The molecular weight excluding hydrogens is 396 g/mol. The van der Waals surface area contributed by atoms with Gasteiger partial charge in [-0.1, -0.05) is 35.9 Å². The van der Waals surface area contributed by atoms with Crippen LogP contribution in [0, 0.1) is 13.8 Å². The molecule has 0 atom stereocenters. The SMILES string of the molecule is COc1ccc(CCN(C)C(=O)Cc2sc(C)nc2-c2ccc(C)cc2)cc1OC. The first-order valence-electron chi connectivity index (χ1n) is 9.89. The molecule has 0 aliphatic rings. The highest BCUT2D eigenvalue weighted by atomic mass is 32.1. The average molecular weight is 425 g/mol. The lowest BCUT2D eigenvalue weighted by atomic mass is 10.1. The largest absolute Gasteiger partial charge is 0.493 e. The number of rotatable bonds is 8. The first-order chi connectivity index (χ1) is 14.4. The highest BCUT2D eigenvalue weighted by Crippen LogP contribution is 2.30. The van der Waals surface area contributed by atoms with Gasteiger partial charge in [0.25, 0.3) is 0 Å². The summed E-state index contributed by atoms with van der Waals surface area (Å²) in [7, 11) is 5.10. The minimum Gasteiger partial charge on any atom is -0.493 e. The van der Waals surface area contributed by atoms with E-state index in [4.69, 9.17) is 9.47 Å². The van der Waals surface area contributed by atoms with Crippen molar-refractivity contribution in [3.05, 3.63) is 63.5 Å². The zero-order valence-electron chi connectivity index (χ0n) is 18.2. The van der Waals surface area contributed by atoms with Gasteiger partial charge in [0, 0.05) is 24.0 Å². The maximum atomic E-state index is 12.9. The fraction of sp³-hybridized carbons (Fsp3) is 0.333. The summed E-state index contributed by atoms with van der Waals surface area (Å²) < 4.78 is 10.6. The number of likely N-dealkylation sites (N-methyl/N-ethyl adjacent to an activating group) is 1. The molecule has 0 bridgehead atoms. The topological polar surface area (TPSA) is 51.7 Å². The van der Waals surface area contributed by atoms with Crippen LogP contribution in [0.5, 0.6) is 11.5 Å². The maximum absolute atomic E-state index is 12.9. The number of amides is 1. The number of methoxy groups -OCH3 is 2. The van der Waals surface area contributed by atoms with E-state index in [1.807, 2.05) is 32.2 Å². The molecule has 0 aliphatic heterocycles. The monoisotopic (exact) mass is 424 g/mol. The number of benzene rings is 2. The van der Waals surface area contributed by atoms with E-state index in [-0.39, 0.29) is 5.91 Å². The summed E-state index contributed by atoms with van der Waals surface area (Å²) in [5.74, 6) is 1.49. The number of carbonyl (C=O) groups excluding carboxylic acids is 1. The summed E-state index contributed by atoms with van der Waals surface area (Å²) in [4.78, 5) is 20.3. The minimum atomic E-state index is 0.0903. The van der Waals surface area contributed by atoms with Crippen LogP contribution in [-0.2, 0) is 17.6 Å². The molecule has 0 saturated carbocycles. The molecule has 3 aromatic rings. The van der Waals surface area contributed by atoms with Crippen molar-refractivity contribution in [3.8, 4) is 22.8 Å². The highest BCUT2D eigenvalue weighted by molar-refractivity contribution is 7.12. The summed E-state index contributed by atoms with van der Waals surface area (Å²) in [6, 6.07) is 14.1. The Hall–Kier alpha value is -2.86. The standard InChI is InChI=1S/C24H28N2O3S/c1-16-6-9-19(10-7-16)24-22(30-17(2)25-24)15-23(27)26(3)13-12-18-8-11-20(28-4)21(14-18)29-5/h6-11,14H,12-13,15H2,1-5H3. The van der Waals surface area contributed by atoms with Gasteiger partial charge in [0.15, 0.2) is 11.5 Å². The van der Waals surface area contributed by atoms with E-state index in [1.54, 1.807) is 30.5 Å². The van der Waals surface area contributed by atoms with Gasteiger partial charge in [-0.2, -0.15) is 0 Å². The molecule has 5 nitrogen and oxygen atoms in total. The second kappa shape index (κ2) is 9.76. The van der Waals surface area contributed by atoms with Crippen molar-refractivity contribution >= 4 is 17.2 Å². The molecule has 0 N–H and O–H groups in total. The first kappa shape index (κ1) is 21.8. The number of ether oxygens (including phenoxy) is 2. The molecule has 1 aromatic heterocycles. The molecule has 0 spiro atoms. The number of thiazole rings is 1. The average Bonchev–Trinajstić information content (AvgIpc) is 3.12. The minimum absolute atomic E-state index is 0.0903. The van der Waals surface area contributed by atoms with Gasteiger partial charge in [-0.3, -0.25) is 4.79 Å². The molecule has 0 saturated heterocycles. The Morgan fingerprint density at radius 1 is 1.03 bits per heavy atom. The summed E-state index contributed by atoms with van der Waals surface area (Å²) in [5, 5.41) is 0.973. The van der Waals surface area contributed by atoms with E-state index in [0.717, 1.165) is 33.1 Å². The summed E-state index contributed by atoms with van der Waals surface area (Å²) in [5.41, 5.74) is 4.28. The van der Waals surface area contributed by atoms with Crippen LogP contribution in [0.4, 0.5) is 0 Å². The van der Waals surface area contributed by atoms with Crippen molar-refractivity contribution < 1.29 is 14.3 Å². The normalized spacial score (nSPS) is 10.7. The van der Waals surface area contributed by atoms with Crippen molar-refractivity contribution in [2.45, 2.75) is 26.7 Å². The van der Waals surface area contributed by atoms with Gasteiger partial charge in [0.1, 0.15) is 0 Å². The Balaban J connectivity index is 1.66. The molecule has 3 rings (SSSR count). The molecule has 6 heteroatoms. The van der Waals surface area contributed by atoms with Crippen molar-refractivity contribution in [1.29, 1.82) is 0 Å². The highest BCUT2D eigenvalue weighted by Gasteiger charge is 2.17. The lowest BCUT2D eigenvalue weighted by Crippen LogP contribution is -2.30. The second-order valence-corrected chi connectivity index (χ2v) is 8.59. The zero-order valence-corrected chi connectivity index (χ0v) is 19.0. The Kier molecular flexibility index (Phi) is 7.11. The van der Waals surface area contributed by atoms with E-state index in [0.29, 0.717) is 24.5 Å². The molecule has 0 fully saturated rings. The molecule has 0 radical (unpaired) electrons. The number of aryl methyl sites for hydroxylation is 2.